The van der Waals surface area contributed by atoms with E-state index >= 15 is 0 Å². The van der Waals surface area contributed by atoms with Crippen molar-refractivity contribution in [2.24, 2.45) is 0 Å². The van der Waals surface area contributed by atoms with Gasteiger partial charge in [0.1, 0.15) is 0 Å². The zero-order valence-electron chi connectivity index (χ0n) is 14.9. The minimum atomic E-state index is 0.0643. The van der Waals surface area contributed by atoms with Gasteiger partial charge < -0.3 is 10.2 Å². The van der Waals surface area contributed by atoms with Crippen molar-refractivity contribution < 1.29 is 9.59 Å². The molecule has 0 aromatic heterocycles. The van der Waals surface area contributed by atoms with Gasteiger partial charge in [-0.1, -0.05) is 6.07 Å². The first-order chi connectivity index (χ1) is 12.2. The third-order valence-electron chi connectivity index (χ3n) is 4.90. The van der Waals surface area contributed by atoms with Crippen LogP contribution in [0.3, 0.4) is 0 Å². The summed E-state index contributed by atoms with van der Waals surface area (Å²) in [7, 11) is 0. The smallest absolute Gasteiger partial charge is 0.234 e. The Morgan fingerprint density at radius 3 is 2.64 bits per heavy atom. The summed E-state index contributed by atoms with van der Waals surface area (Å²) < 4.78 is 0. The van der Waals surface area contributed by atoms with Crippen LogP contribution >= 0.6 is 11.8 Å². The van der Waals surface area contributed by atoms with Crippen LogP contribution in [0.1, 0.15) is 24.5 Å². The molecule has 1 aliphatic heterocycles. The van der Waals surface area contributed by atoms with Gasteiger partial charge in [-0.2, -0.15) is 0 Å². The van der Waals surface area contributed by atoms with Crippen molar-refractivity contribution in [2.75, 3.05) is 45.0 Å². The standard InChI is InChI=1S/C19H27N3O2S/c1-2-20-18(23)13-21-8-10-22(11-9-21)19(24)14-25-17-7-6-15-4-3-5-16(15)12-17/h6-7,12H,2-5,8-11,13-14H2,1H3,(H,20,23). The Kier molecular flexibility index (Phi) is 6.37. The second kappa shape index (κ2) is 8.72. The number of hydrogen-bond donors (Lipinski definition) is 1. The molecule has 1 aliphatic carbocycles. The molecule has 25 heavy (non-hydrogen) atoms. The van der Waals surface area contributed by atoms with E-state index in [4.69, 9.17) is 0 Å². The molecule has 136 valence electrons. The molecule has 0 saturated carbocycles. The molecule has 1 fully saturated rings. The van der Waals surface area contributed by atoms with Crippen LogP contribution in [-0.4, -0.2) is 66.6 Å². The van der Waals surface area contributed by atoms with E-state index in [1.807, 2.05) is 11.8 Å². The van der Waals surface area contributed by atoms with Crippen molar-refractivity contribution in [3.05, 3.63) is 29.3 Å². The normalized spacial score (nSPS) is 17.4. The first-order valence-corrected chi connectivity index (χ1v) is 10.2. The second-order valence-electron chi connectivity index (χ2n) is 6.68. The van der Waals surface area contributed by atoms with Crippen molar-refractivity contribution in [1.82, 2.24) is 15.1 Å². The number of rotatable bonds is 6. The average Bonchev–Trinajstić information content (AvgIpc) is 3.08. The fourth-order valence-electron chi connectivity index (χ4n) is 3.49. The third-order valence-corrected chi connectivity index (χ3v) is 5.88. The summed E-state index contributed by atoms with van der Waals surface area (Å²) in [5, 5.41) is 2.82. The van der Waals surface area contributed by atoms with Crippen LogP contribution in [0.2, 0.25) is 0 Å². The van der Waals surface area contributed by atoms with E-state index < -0.39 is 0 Å². The highest BCUT2D eigenvalue weighted by Gasteiger charge is 2.22. The molecular formula is C19H27N3O2S. The van der Waals surface area contributed by atoms with Gasteiger partial charge in [-0.3, -0.25) is 14.5 Å². The Labute approximate surface area is 154 Å². The van der Waals surface area contributed by atoms with Gasteiger partial charge in [-0.25, -0.2) is 0 Å². The van der Waals surface area contributed by atoms with Crippen LogP contribution in [0, 0.1) is 0 Å². The van der Waals surface area contributed by atoms with E-state index in [1.165, 1.54) is 35.3 Å². The molecule has 1 heterocycles. The summed E-state index contributed by atoms with van der Waals surface area (Å²) >= 11 is 1.64. The van der Waals surface area contributed by atoms with Gasteiger partial charge in [0.15, 0.2) is 0 Å². The van der Waals surface area contributed by atoms with Gasteiger partial charge in [0, 0.05) is 37.6 Å². The molecule has 0 spiro atoms. The maximum absolute atomic E-state index is 12.4. The molecule has 1 aromatic carbocycles. The predicted octanol–water partition coefficient (Wildman–Crippen LogP) is 1.55. The summed E-state index contributed by atoms with van der Waals surface area (Å²) in [5.74, 6) is 0.757. The number of carbonyl (C=O) groups is 2. The van der Waals surface area contributed by atoms with Gasteiger partial charge in [-0.15, -0.1) is 11.8 Å². The highest BCUT2D eigenvalue weighted by Crippen LogP contribution is 2.27. The van der Waals surface area contributed by atoms with Crippen molar-refractivity contribution >= 4 is 23.6 Å². The molecule has 1 N–H and O–H groups in total. The molecule has 3 rings (SSSR count). The Balaban J connectivity index is 1.41. The zero-order valence-corrected chi connectivity index (χ0v) is 15.7. The fraction of sp³-hybridized carbons (Fsp3) is 0.579. The molecule has 1 aromatic rings. The number of likely N-dealkylation sites (N-methyl/N-ethyl adjacent to an activating group) is 1. The lowest BCUT2D eigenvalue weighted by Gasteiger charge is -2.34. The molecular weight excluding hydrogens is 334 g/mol. The summed E-state index contributed by atoms with van der Waals surface area (Å²) in [5.41, 5.74) is 2.93. The number of piperazine rings is 1. The molecule has 6 heteroatoms. The van der Waals surface area contributed by atoms with Crippen molar-refractivity contribution in [1.29, 1.82) is 0 Å². The molecule has 2 amide bonds. The molecule has 0 unspecified atom stereocenters. The van der Waals surface area contributed by atoms with E-state index in [0.717, 1.165) is 13.1 Å². The van der Waals surface area contributed by atoms with E-state index in [1.54, 1.807) is 11.8 Å². The highest BCUT2D eigenvalue weighted by atomic mass is 32.2. The molecule has 0 bridgehead atoms. The highest BCUT2D eigenvalue weighted by molar-refractivity contribution is 8.00. The van der Waals surface area contributed by atoms with Crippen LogP contribution in [0.25, 0.3) is 0 Å². The first-order valence-electron chi connectivity index (χ1n) is 9.17. The van der Waals surface area contributed by atoms with E-state index in [-0.39, 0.29) is 11.8 Å². The van der Waals surface area contributed by atoms with E-state index in [2.05, 4.69) is 28.4 Å². The quantitative estimate of drug-likeness (QED) is 0.781. The minimum Gasteiger partial charge on any atom is -0.355 e. The number of aryl methyl sites for hydroxylation is 2. The maximum Gasteiger partial charge on any atom is 0.234 e. The van der Waals surface area contributed by atoms with Crippen molar-refractivity contribution in [2.45, 2.75) is 31.1 Å². The van der Waals surface area contributed by atoms with E-state index in [9.17, 15) is 9.59 Å². The number of thioether (sulfide) groups is 1. The monoisotopic (exact) mass is 361 g/mol. The number of nitrogens with zero attached hydrogens (tertiary/aromatic N) is 2. The third kappa shape index (κ3) is 4.98. The lowest BCUT2D eigenvalue weighted by Crippen LogP contribution is -2.51. The lowest BCUT2D eigenvalue weighted by atomic mass is 10.1. The number of hydrogen-bond acceptors (Lipinski definition) is 4. The number of carbonyl (C=O) groups excluding carboxylic acids is 2. The Bertz CT molecular complexity index is 627. The largest absolute Gasteiger partial charge is 0.355 e. The van der Waals surface area contributed by atoms with Crippen LogP contribution in [0.5, 0.6) is 0 Å². The summed E-state index contributed by atoms with van der Waals surface area (Å²) in [6, 6.07) is 6.62. The Hall–Kier alpha value is -1.53. The zero-order chi connectivity index (χ0) is 17.6. The van der Waals surface area contributed by atoms with Crippen LogP contribution in [-0.2, 0) is 22.4 Å². The van der Waals surface area contributed by atoms with Gasteiger partial charge in [0.2, 0.25) is 11.8 Å². The summed E-state index contributed by atoms with van der Waals surface area (Å²) in [6.45, 7) is 5.98. The van der Waals surface area contributed by atoms with Crippen LogP contribution < -0.4 is 5.32 Å². The number of benzene rings is 1. The second-order valence-corrected chi connectivity index (χ2v) is 7.73. The fourth-order valence-corrected chi connectivity index (χ4v) is 4.35. The summed E-state index contributed by atoms with van der Waals surface area (Å²) in [6.07, 6.45) is 3.62. The van der Waals surface area contributed by atoms with Crippen LogP contribution in [0.15, 0.2) is 23.1 Å². The maximum atomic E-state index is 12.4. The first kappa shape index (κ1) is 18.3. The molecule has 0 radical (unpaired) electrons. The van der Waals surface area contributed by atoms with Gasteiger partial charge >= 0.3 is 0 Å². The van der Waals surface area contributed by atoms with Gasteiger partial charge in [-0.05, 0) is 49.4 Å². The number of amides is 2. The van der Waals surface area contributed by atoms with Crippen molar-refractivity contribution in [3.63, 3.8) is 0 Å². The van der Waals surface area contributed by atoms with Crippen molar-refractivity contribution in [3.8, 4) is 0 Å². The Morgan fingerprint density at radius 2 is 1.88 bits per heavy atom. The Morgan fingerprint density at radius 1 is 1.12 bits per heavy atom. The van der Waals surface area contributed by atoms with Crippen LogP contribution in [0.4, 0.5) is 0 Å². The number of nitrogens with one attached hydrogen (secondary N) is 1. The molecule has 5 nitrogen and oxygen atoms in total. The molecule has 1 saturated heterocycles. The molecule has 2 aliphatic rings. The average molecular weight is 362 g/mol. The predicted molar refractivity (Wildman–Crippen MR) is 101 cm³/mol. The minimum absolute atomic E-state index is 0.0643. The van der Waals surface area contributed by atoms with Gasteiger partial charge in [0.05, 0.1) is 12.3 Å². The lowest BCUT2D eigenvalue weighted by molar-refractivity contribution is -0.130. The number of fused-ring (bicyclic) bond motifs is 1. The van der Waals surface area contributed by atoms with E-state index in [0.29, 0.717) is 31.9 Å². The van der Waals surface area contributed by atoms with Gasteiger partial charge in [0.25, 0.3) is 0 Å². The SMILES string of the molecule is CCNC(=O)CN1CCN(C(=O)CSc2ccc3c(c2)CCC3)CC1. The molecule has 0 atom stereocenters. The summed E-state index contributed by atoms with van der Waals surface area (Å²) in [4.78, 5) is 29.3. The topological polar surface area (TPSA) is 52.7 Å².